The van der Waals surface area contributed by atoms with E-state index < -0.39 is 0 Å². The molecule has 3 rings (SSSR count). The van der Waals surface area contributed by atoms with Gasteiger partial charge in [-0.05, 0) is 31.7 Å². The van der Waals surface area contributed by atoms with Gasteiger partial charge in [0.25, 0.3) is 0 Å². The molecule has 2 heterocycles. The van der Waals surface area contributed by atoms with Gasteiger partial charge < -0.3 is 10.6 Å². The monoisotopic (exact) mass is 322 g/mol. The average Bonchev–Trinajstić information content (AvgIpc) is 2.91. The van der Waals surface area contributed by atoms with E-state index in [0.29, 0.717) is 12.3 Å². The molecule has 1 aliphatic heterocycles. The zero-order valence-corrected chi connectivity index (χ0v) is 13.6. The highest BCUT2D eigenvalue weighted by Gasteiger charge is 2.25. The number of aromatic nitrogens is 2. The number of fused-ring (bicyclic) bond motifs is 1. The van der Waals surface area contributed by atoms with Crippen LogP contribution in [0, 0.1) is 5.92 Å². The lowest BCUT2D eigenvalue weighted by atomic mass is 9.91. The summed E-state index contributed by atoms with van der Waals surface area (Å²) in [7, 11) is 0. The van der Waals surface area contributed by atoms with Crippen LogP contribution in [0.25, 0.3) is 10.9 Å². The average molecular weight is 323 g/mol. The summed E-state index contributed by atoms with van der Waals surface area (Å²) in [6.07, 6.45) is 2.41. The summed E-state index contributed by atoms with van der Waals surface area (Å²) in [4.78, 5) is 14.4. The molecular formula is C16H23ClN4O. The molecule has 0 radical (unpaired) electrons. The van der Waals surface area contributed by atoms with Crippen molar-refractivity contribution in [2.45, 2.75) is 32.2 Å². The first kappa shape index (κ1) is 16.8. The van der Waals surface area contributed by atoms with Crippen LogP contribution in [0.1, 0.15) is 25.5 Å². The molecule has 2 aromatic rings. The Morgan fingerprint density at radius 1 is 1.41 bits per heavy atom. The predicted octanol–water partition coefficient (Wildman–Crippen LogP) is 2.11. The van der Waals surface area contributed by atoms with Crippen molar-refractivity contribution in [1.82, 2.24) is 15.1 Å². The minimum atomic E-state index is 0. The highest BCUT2D eigenvalue weighted by Crippen LogP contribution is 2.21. The van der Waals surface area contributed by atoms with E-state index in [0.717, 1.165) is 42.5 Å². The third-order valence-corrected chi connectivity index (χ3v) is 4.50. The SMILES string of the molecule is CC(N)C1CCN(C(=O)Cc2[nH]nc3ccccc23)CC1.Cl. The number of nitrogens with zero attached hydrogens (tertiary/aromatic N) is 2. The number of aromatic amines is 1. The third-order valence-electron chi connectivity index (χ3n) is 4.50. The smallest absolute Gasteiger partial charge is 0.228 e. The number of nitrogens with one attached hydrogen (secondary N) is 1. The third kappa shape index (κ3) is 3.42. The van der Waals surface area contributed by atoms with Crippen LogP contribution in [-0.4, -0.2) is 40.1 Å². The molecule has 0 saturated carbocycles. The van der Waals surface area contributed by atoms with Crippen LogP contribution in [0.5, 0.6) is 0 Å². The number of halogens is 1. The molecule has 1 aromatic carbocycles. The number of amides is 1. The van der Waals surface area contributed by atoms with E-state index in [-0.39, 0.29) is 24.4 Å². The van der Waals surface area contributed by atoms with Crippen LogP contribution in [-0.2, 0) is 11.2 Å². The molecule has 6 heteroatoms. The molecule has 120 valence electrons. The molecule has 1 fully saturated rings. The molecule has 1 atom stereocenters. The number of carbonyl (C=O) groups is 1. The van der Waals surface area contributed by atoms with Gasteiger partial charge in [-0.1, -0.05) is 18.2 Å². The van der Waals surface area contributed by atoms with Gasteiger partial charge >= 0.3 is 0 Å². The molecule has 1 aliphatic rings. The minimum Gasteiger partial charge on any atom is -0.342 e. The van der Waals surface area contributed by atoms with Crippen molar-refractivity contribution >= 4 is 29.2 Å². The molecule has 0 spiro atoms. The Bertz CT molecular complexity index is 632. The lowest BCUT2D eigenvalue weighted by molar-refractivity contribution is -0.132. The topological polar surface area (TPSA) is 75.0 Å². The van der Waals surface area contributed by atoms with Crippen LogP contribution in [0.15, 0.2) is 24.3 Å². The van der Waals surface area contributed by atoms with Crippen molar-refractivity contribution in [3.05, 3.63) is 30.0 Å². The fraction of sp³-hybridized carbons (Fsp3) is 0.500. The zero-order chi connectivity index (χ0) is 14.8. The van der Waals surface area contributed by atoms with E-state index in [1.54, 1.807) is 0 Å². The van der Waals surface area contributed by atoms with Crippen molar-refractivity contribution in [3.8, 4) is 0 Å². The maximum Gasteiger partial charge on any atom is 0.228 e. The number of likely N-dealkylation sites (tertiary alicyclic amines) is 1. The van der Waals surface area contributed by atoms with Gasteiger partial charge in [-0.25, -0.2) is 0 Å². The summed E-state index contributed by atoms with van der Waals surface area (Å²) in [5, 5.41) is 8.27. The van der Waals surface area contributed by atoms with Gasteiger partial charge in [0.1, 0.15) is 0 Å². The van der Waals surface area contributed by atoms with Gasteiger partial charge in [0.15, 0.2) is 0 Å². The first-order chi connectivity index (χ1) is 10.1. The Balaban J connectivity index is 0.00000176. The molecule has 1 amide bonds. The molecule has 0 aliphatic carbocycles. The number of hydrogen-bond donors (Lipinski definition) is 2. The molecule has 5 nitrogen and oxygen atoms in total. The fourth-order valence-electron chi connectivity index (χ4n) is 3.09. The number of piperidine rings is 1. The Morgan fingerprint density at radius 3 is 2.77 bits per heavy atom. The van der Waals surface area contributed by atoms with Crippen LogP contribution in [0.3, 0.4) is 0 Å². The van der Waals surface area contributed by atoms with E-state index in [1.165, 1.54) is 0 Å². The predicted molar refractivity (Wildman–Crippen MR) is 90.0 cm³/mol. The molecule has 1 saturated heterocycles. The van der Waals surface area contributed by atoms with E-state index in [4.69, 9.17) is 5.73 Å². The molecular weight excluding hydrogens is 300 g/mol. The number of para-hydroxylation sites is 1. The normalized spacial score (nSPS) is 17.3. The number of hydrogen-bond acceptors (Lipinski definition) is 3. The van der Waals surface area contributed by atoms with Crippen molar-refractivity contribution in [1.29, 1.82) is 0 Å². The van der Waals surface area contributed by atoms with Gasteiger partial charge in [0.05, 0.1) is 17.6 Å². The van der Waals surface area contributed by atoms with Gasteiger partial charge in [0.2, 0.25) is 5.91 Å². The minimum absolute atomic E-state index is 0. The van der Waals surface area contributed by atoms with Crippen molar-refractivity contribution in [2.24, 2.45) is 11.7 Å². The van der Waals surface area contributed by atoms with Crippen LogP contribution >= 0.6 is 12.4 Å². The second kappa shape index (κ2) is 7.11. The van der Waals surface area contributed by atoms with Gasteiger partial charge in [-0.3, -0.25) is 9.89 Å². The Kier molecular flexibility index (Phi) is 5.42. The van der Waals surface area contributed by atoms with Crippen molar-refractivity contribution in [3.63, 3.8) is 0 Å². The van der Waals surface area contributed by atoms with Crippen molar-refractivity contribution < 1.29 is 4.79 Å². The van der Waals surface area contributed by atoms with Gasteiger partial charge in [-0.2, -0.15) is 5.10 Å². The number of rotatable bonds is 3. The van der Waals surface area contributed by atoms with Gasteiger partial charge in [-0.15, -0.1) is 12.4 Å². The Labute approximate surface area is 136 Å². The summed E-state index contributed by atoms with van der Waals surface area (Å²) >= 11 is 0. The first-order valence-corrected chi connectivity index (χ1v) is 7.60. The van der Waals surface area contributed by atoms with E-state index in [1.807, 2.05) is 29.2 Å². The molecule has 0 bridgehead atoms. The Morgan fingerprint density at radius 2 is 2.09 bits per heavy atom. The quantitative estimate of drug-likeness (QED) is 0.908. The van der Waals surface area contributed by atoms with Crippen molar-refractivity contribution in [2.75, 3.05) is 13.1 Å². The molecule has 3 N–H and O–H groups in total. The largest absolute Gasteiger partial charge is 0.342 e. The van der Waals surface area contributed by atoms with Crippen LogP contribution in [0.4, 0.5) is 0 Å². The molecule has 1 unspecified atom stereocenters. The maximum atomic E-state index is 12.4. The summed E-state index contributed by atoms with van der Waals surface area (Å²) in [6, 6.07) is 8.10. The molecule has 22 heavy (non-hydrogen) atoms. The van der Waals surface area contributed by atoms with Crippen LogP contribution in [0.2, 0.25) is 0 Å². The lowest BCUT2D eigenvalue weighted by Gasteiger charge is -2.33. The highest BCUT2D eigenvalue weighted by atomic mass is 35.5. The van der Waals surface area contributed by atoms with E-state index in [2.05, 4.69) is 17.1 Å². The van der Waals surface area contributed by atoms with E-state index in [9.17, 15) is 4.79 Å². The Hall–Kier alpha value is -1.59. The van der Waals surface area contributed by atoms with Crippen LogP contribution < -0.4 is 5.73 Å². The second-order valence-corrected chi connectivity index (χ2v) is 5.97. The summed E-state index contributed by atoms with van der Waals surface area (Å²) in [5.41, 5.74) is 7.76. The number of H-pyrrole nitrogens is 1. The number of nitrogens with two attached hydrogens (primary N) is 1. The summed E-state index contributed by atoms with van der Waals surface area (Å²) < 4.78 is 0. The maximum absolute atomic E-state index is 12.4. The fourth-order valence-corrected chi connectivity index (χ4v) is 3.09. The highest BCUT2D eigenvalue weighted by molar-refractivity contribution is 5.87. The number of carbonyl (C=O) groups excluding carboxylic acids is 1. The zero-order valence-electron chi connectivity index (χ0n) is 12.8. The standard InChI is InChI=1S/C16H22N4O.ClH/c1-11(17)12-6-8-20(9-7-12)16(21)10-15-13-4-2-3-5-14(13)18-19-15;/h2-5,11-12H,6-10,17H2,1H3,(H,18,19);1H. The molecule has 1 aromatic heterocycles. The summed E-state index contributed by atoms with van der Waals surface area (Å²) in [6.45, 7) is 3.69. The second-order valence-electron chi connectivity index (χ2n) is 5.97. The first-order valence-electron chi connectivity index (χ1n) is 7.60. The lowest BCUT2D eigenvalue weighted by Crippen LogP contribution is -2.43. The summed E-state index contributed by atoms with van der Waals surface area (Å²) in [5.74, 6) is 0.717. The number of benzene rings is 1. The van der Waals surface area contributed by atoms with Gasteiger partial charge in [0, 0.05) is 24.5 Å². The van der Waals surface area contributed by atoms with E-state index >= 15 is 0 Å².